The Morgan fingerprint density at radius 3 is 2.58 bits per heavy atom. The molecule has 12 heavy (non-hydrogen) atoms. The van der Waals surface area contributed by atoms with Crippen molar-refractivity contribution in [1.82, 2.24) is 4.98 Å². The van der Waals surface area contributed by atoms with E-state index in [4.69, 9.17) is 0 Å². The highest BCUT2D eigenvalue weighted by atomic mass is 16.1. The van der Waals surface area contributed by atoms with Gasteiger partial charge in [0.1, 0.15) is 5.69 Å². The van der Waals surface area contributed by atoms with Crippen LogP contribution < -0.4 is 0 Å². The molecule has 1 rings (SSSR count). The first kappa shape index (κ1) is 8.65. The minimum Gasteiger partial charge on any atom is -0.296 e. The van der Waals surface area contributed by atoms with Crippen LogP contribution in [-0.4, -0.2) is 11.3 Å². The number of aldehydes is 1. The second-order valence-electron chi connectivity index (χ2n) is 2.86. The van der Waals surface area contributed by atoms with Gasteiger partial charge < -0.3 is 0 Å². The summed E-state index contributed by atoms with van der Waals surface area (Å²) >= 11 is 0. The fraction of sp³-hybridized carbons (Fsp3) is 0.200. The van der Waals surface area contributed by atoms with Crippen LogP contribution >= 0.6 is 0 Å². The zero-order valence-electron chi connectivity index (χ0n) is 7.24. The van der Waals surface area contributed by atoms with Crippen molar-refractivity contribution in [1.29, 1.82) is 0 Å². The summed E-state index contributed by atoms with van der Waals surface area (Å²) in [5, 5.41) is 0. The smallest absolute Gasteiger partial charge is 0.168 e. The van der Waals surface area contributed by atoms with Gasteiger partial charge in [-0.1, -0.05) is 17.7 Å². The van der Waals surface area contributed by atoms with Crippen LogP contribution in [0.25, 0.3) is 6.08 Å². The second kappa shape index (κ2) is 3.81. The van der Waals surface area contributed by atoms with E-state index in [1.807, 2.05) is 26.0 Å². The van der Waals surface area contributed by atoms with Gasteiger partial charge in [0, 0.05) is 6.20 Å². The van der Waals surface area contributed by atoms with E-state index in [1.54, 1.807) is 12.3 Å². The van der Waals surface area contributed by atoms with E-state index >= 15 is 0 Å². The Morgan fingerprint density at radius 1 is 1.42 bits per heavy atom. The maximum Gasteiger partial charge on any atom is 0.168 e. The maximum absolute atomic E-state index is 10.3. The predicted molar refractivity (Wildman–Crippen MR) is 48.9 cm³/mol. The fourth-order valence-corrected chi connectivity index (χ4v) is 0.905. The minimum atomic E-state index is 0.473. The number of carbonyl (C=O) groups excluding carboxylic acids is 1. The summed E-state index contributed by atoms with van der Waals surface area (Å²) < 4.78 is 0. The molecule has 0 bridgehead atoms. The third-order valence-corrected chi connectivity index (χ3v) is 1.39. The average Bonchev–Trinajstić information content (AvgIpc) is 2.05. The van der Waals surface area contributed by atoms with Crippen LogP contribution in [0.15, 0.2) is 23.9 Å². The second-order valence-corrected chi connectivity index (χ2v) is 2.86. The van der Waals surface area contributed by atoms with Gasteiger partial charge in [-0.25, -0.2) is 0 Å². The lowest BCUT2D eigenvalue weighted by atomic mass is 10.2. The van der Waals surface area contributed by atoms with Crippen LogP contribution in [0.1, 0.15) is 29.9 Å². The van der Waals surface area contributed by atoms with E-state index < -0.39 is 0 Å². The third kappa shape index (κ3) is 2.31. The third-order valence-electron chi connectivity index (χ3n) is 1.39. The van der Waals surface area contributed by atoms with Crippen molar-refractivity contribution in [2.75, 3.05) is 0 Å². The fourth-order valence-electron chi connectivity index (χ4n) is 0.905. The Hall–Kier alpha value is -1.44. The van der Waals surface area contributed by atoms with Crippen molar-refractivity contribution >= 4 is 12.4 Å². The molecule has 2 nitrogen and oxygen atoms in total. The van der Waals surface area contributed by atoms with Gasteiger partial charge in [0.15, 0.2) is 6.29 Å². The van der Waals surface area contributed by atoms with Crippen LogP contribution in [-0.2, 0) is 0 Å². The molecule has 0 amide bonds. The number of rotatable bonds is 2. The van der Waals surface area contributed by atoms with Gasteiger partial charge in [-0.2, -0.15) is 0 Å². The van der Waals surface area contributed by atoms with Crippen molar-refractivity contribution in [3.8, 4) is 0 Å². The van der Waals surface area contributed by atoms with E-state index in [9.17, 15) is 4.79 Å². The summed E-state index contributed by atoms with van der Waals surface area (Å²) in [5.41, 5.74) is 2.72. The largest absolute Gasteiger partial charge is 0.296 e. The summed E-state index contributed by atoms with van der Waals surface area (Å²) in [6, 6.07) is 3.59. The van der Waals surface area contributed by atoms with Crippen LogP contribution in [0, 0.1) is 0 Å². The van der Waals surface area contributed by atoms with E-state index in [0.717, 1.165) is 11.8 Å². The Balaban J connectivity index is 2.92. The quantitative estimate of drug-likeness (QED) is 0.623. The Kier molecular flexibility index (Phi) is 2.75. The summed E-state index contributed by atoms with van der Waals surface area (Å²) in [7, 11) is 0. The Labute approximate surface area is 71.9 Å². The molecule has 0 aliphatic rings. The number of allylic oxidation sites excluding steroid dienone is 1. The molecular weight excluding hydrogens is 150 g/mol. The average molecular weight is 161 g/mol. The van der Waals surface area contributed by atoms with E-state index in [0.29, 0.717) is 5.69 Å². The van der Waals surface area contributed by atoms with Gasteiger partial charge in [0.25, 0.3) is 0 Å². The lowest BCUT2D eigenvalue weighted by Gasteiger charge is -1.93. The molecular formula is C10H11NO. The number of aromatic nitrogens is 1. The molecule has 0 N–H and O–H groups in total. The van der Waals surface area contributed by atoms with Crippen molar-refractivity contribution in [3.63, 3.8) is 0 Å². The van der Waals surface area contributed by atoms with Crippen LogP contribution in [0.4, 0.5) is 0 Å². The van der Waals surface area contributed by atoms with E-state index in [1.165, 1.54) is 5.57 Å². The summed E-state index contributed by atoms with van der Waals surface area (Å²) in [6.07, 6.45) is 4.45. The lowest BCUT2D eigenvalue weighted by molar-refractivity contribution is 0.111. The van der Waals surface area contributed by atoms with Crippen LogP contribution in [0.3, 0.4) is 0 Å². The Bertz CT molecular complexity index is 294. The van der Waals surface area contributed by atoms with Gasteiger partial charge in [-0.05, 0) is 25.5 Å². The first-order valence-corrected chi connectivity index (χ1v) is 3.78. The molecule has 0 radical (unpaired) electrons. The highest BCUT2D eigenvalue weighted by Crippen LogP contribution is 2.04. The zero-order valence-corrected chi connectivity index (χ0v) is 7.24. The monoisotopic (exact) mass is 161 g/mol. The molecule has 0 saturated carbocycles. The molecule has 0 spiro atoms. The van der Waals surface area contributed by atoms with E-state index in [2.05, 4.69) is 4.98 Å². The standard InChI is InChI=1S/C10H11NO/c1-8(2)5-9-3-4-10(7-12)11-6-9/h3-7H,1-2H3. The van der Waals surface area contributed by atoms with Crippen molar-refractivity contribution in [3.05, 3.63) is 35.2 Å². The summed E-state index contributed by atoms with van der Waals surface area (Å²) in [4.78, 5) is 14.2. The van der Waals surface area contributed by atoms with Crippen LogP contribution in [0.5, 0.6) is 0 Å². The molecule has 0 saturated heterocycles. The first-order chi connectivity index (χ1) is 5.72. The molecule has 1 heterocycles. The highest BCUT2D eigenvalue weighted by molar-refractivity contribution is 5.72. The number of hydrogen-bond donors (Lipinski definition) is 0. The summed E-state index contributed by atoms with van der Waals surface area (Å²) in [6.45, 7) is 4.04. The predicted octanol–water partition coefficient (Wildman–Crippen LogP) is 2.32. The molecule has 0 aliphatic heterocycles. The van der Waals surface area contributed by atoms with Gasteiger partial charge in [-0.15, -0.1) is 0 Å². The van der Waals surface area contributed by atoms with Crippen molar-refractivity contribution in [2.45, 2.75) is 13.8 Å². The normalized spacial score (nSPS) is 9.17. The maximum atomic E-state index is 10.3. The number of carbonyl (C=O) groups is 1. The van der Waals surface area contributed by atoms with Crippen molar-refractivity contribution < 1.29 is 4.79 Å². The minimum absolute atomic E-state index is 0.473. The molecule has 0 unspecified atom stereocenters. The summed E-state index contributed by atoms with van der Waals surface area (Å²) in [5.74, 6) is 0. The molecule has 0 atom stereocenters. The molecule has 1 aromatic rings. The van der Waals surface area contributed by atoms with Gasteiger partial charge in [0.05, 0.1) is 0 Å². The Morgan fingerprint density at radius 2 is 2.17 bits per heavy atom. The van der Waals surface area contributed by atoms with Crippen molar-refractivity contribution in [2.24, 2.45) is 0 Å². The van der Waals surface area contributed by atoms with E-state index in [-0.39, 0.29) is 0 Å². The highest BCUT2D eigenvalue weighted by Gasteiger charge is 1.90. The molecule has 1 aromatic heterocycles. The number of hydrogen-bond acceptors (Lipinski definition) is 2. The molecule has 0 fully saturated rings. The molecule has 0 aliphatic carbocycles. The molecule has 62 valence electrons. The van der Waals surface area contributed by atoms with Gasteiger partial charge in [-0.3, -0.25) is 9.78 Å². The lowest BCUT2D eigenvalue weighted by Crippen LogP contribution is -1.85. The molecule has 0 aromatic carbocycles. The SMILES string of the molecule is CC(C)=Cc1ccc(C=O)nc1. The number of nitrogens with zero attached hydrogens (tertiary/aromatic N) is 1. The topological polar surface area (TPSA) is 30.0 Å². The molecule has 2 heteroatoms. The first-order valence-electron chi connectivity index (χ1n) is 3.78. The zero-order chi connectivity index (χ0) is 8.97. The van der Waals surface area contributed by atoms with Crippen LogP contribution in [0.2, 0.25) is 0 Å². The van der Waals surface area contributed by atoms with Gasteiger partial charge in [0.2, 0.25) is 0 Å². The van der Waals surface area contributed by atoms with Gasteiger partial charge >= 0.3 is 0 Å². The number of pyridine rings is 1.